The summed E-state index contributed by atoms with van der Waals surface area (Å²) in [5, 5.41) is 14.2. The fourth-order valence-electron chi connectivity index (χ4n) is 2.13. The highest BCUT2D eigenvalue weighted by Crippen LogP contribution is 2.34. The van der Waals surface area contributed by atoms with Crippen LogP contribution in [0, 0.1) is 18.7 Å². The fraction of sp³-hybridized carbons (Fsp3) is 0.429. The molecule has 1 atom stereocenters. The molecule has 0 spiro atoms. The Morgan fingerprint density at radius 3 is 2.71 bits per heavy atom. The summed E-state index contributed by atoms with van der Waals surface area (Å²) in [4.78, 5) is 22.8. The summed E-state index contributed by atoms with van der Waals surface area (Å²) < 4.78 is 13.6. The molecule has 0 heterocycles. The van der Waals surface area contributed by atoms with Gasteiger partial charge >= 0.3 is 12.0 Å². The van der Waals surface area contributed by atoms with Gasteiger partial charge in [0.05, 0.1) is 10.9 Å². The van der Waals surface area contributed by atoms with E-state index in [2.05, 4.69) is 26.6 Å². The summed E-state index contributed by atoms with van der Waals surface area (Å²) in [6.07, 6.45) is 1.77. The van der Waals surface area contributed by atoms with E-state index >= 15 is 0 Å². The highest BCUT2D eigenvalue weighted by Gasteiger charge is 2.33. The van der Waals surface area contributed by atoms with E-state index in [9.17, 15) is 14.0 Å². The van der Waals surface area contributed by atoms with Gasteiger partial charge in [0, 0.05) is 11.7 Å². The Kier molecular flexibility index (Phi) is 4.82. The van der Waals surface area contributed by atoms with Crippen molar-refractivity contribution in [3.63, 3.8) is 0 Å². The van der Waals surface area contributed by atoms with E-state index in [1.165, 1.54) is 12.1 Å². The number of hydrogen-bond acceptors (Lipinski definition) is 2. The maximum absolute atomic E-state index is 13.3. The van der Waals surface area contributed by atoms with Gasteiger partial charge in [0.1, 0.15) is 5.82 Å². The lowest BCUT2D eigenvalue weighted by Gasteiger charge is -2.17. The molecule has 1 aromatic rings. The molecule has 21 heavy (non-hydrogen) atoms. The predicted molar refractivity (Wildman–Crippen MR) is 79.8 cm³/mol. The number of anilines is 1. The molecule has 2 rings (SSSR count). The van der Waals surface area contributed by atoms with Gasteiger partial charge in [-0.05, 0) is 59.3 Å². The first kappa shape index (κ1) is 15.8. The second-order valence-electron chi connectivity index (χ2n) is 5.22. The van der Waals surface area contributed by atoms with E-state index in [0.717, 1.165) is 12.8 Å². The van der Waals surface area contributed by atoms with Gasteiger partial charge in [0.25, 0.3) is 0 Å². The second kappa shape index (κ2) is 6.43. The quantitative estimate of drug-likeness (QED) is 0.755. The van der Waals surface area contributed by atoms with Crippen LogP contribution in [0.5, 0.6) is 0 Å². The van der Waals surface area contributed by atoms with Crippen LogP contribution in [0.25, 0.3) is 0 Å². The summed E-state index contributed by atoms with van der Waals surface area (Å²) in [7, 11) is 0. The minimum atomic E-state index is -0.937. The van der Waals surface area contributed by atoms with Crippen molar-refractivity contribution in [2.75, 3.05) is 5.32 Å². The summed E-state index contributed by atoms with van der Waals surface area (Å²) >= 11 is 3.06. The molecular weight excluding hydrogens is 343 g/mol. The van der Waals surface area contributed by atoms with E-state index in [1.807, 2.05) is 0 Å². The predicted octanol–water partition coefficient (Wildman–Crippen LogP) is 3.27. The highest BCUT2D eigenvalue weighted by atomic mass is 79.9. The van der Waals surface area contributed by atoms with Gasteiger partial charge in [-0.25, -0.2) is 9.18 Å². The number of carbonyl (C=O) groups excluding carboxylic acids is 1. The van der Waals surface area contributed by atoms with Gasteiger partial charge in [0.2, 0.25) is 0 Å². The monoisotopic (exact) mass is 358 g/mol. The molecule has 0 aliphatic heterocycles. The molecule has 5 nitrogen and oxygen atoms in total. The molecule has 0 bridgehead atoms. The van der Waals surface area contributed by atoms with Gasteiger partial charge in [-0.15, -0.1) is 0 Å². The number of aliphatic carboxylic acids is 1. The smallest absolute Gasteiger partial charge is 0.319 e. The zero-order chi connectivity index (χ0) is 15.6. The van der Waals surface area contributed by atoms with E-state index in [-0.39, 0.29) is 22.9 Å². The number of rotatable bonds is 5. The Bertz CT molecular complexity index is 576. The van der Waals surface area contributed by atoms with Crippen LogP contribution in [0.3, 0.4) is 0 Å². The van der Waals surface area contributed by atoms with Crippen LogP contribution >= 0.6 is 15.9 Å². The van der Waals surface area contributed by atoms with Crippen LogP contribution in [0.1, 0.15) is 24.8 Å². The topological polar surface area (TPSA) is 78.4 Å². The van der Waals surface area contributed by atoms with E-state index in [0.29, 0.717) is 11.3 Å². The van der Waals surface area contributed by atoms with Crippen molar-refractivity contribution >= 4 is 33.6 Å². The van der Waals surface area contributed by atoms with Gasteiger partial charge in [-0.3, -0.25) is 4.79 Å². The van der Waals surface area contributed by atoms with Crippen LogP contribution in [-0.2, 0) is 4.79 Å². The molecule has 3 N–H and O–H groups in total. The average molecular weight is 359 g/mol. The number of carbonyl (C=O) groups is 2. The van der Waals surface area contributed by atoms with Gasteiger partial charge in [0.15, 0.2) is 0 Å². The third-order valence-corrected chi connectivity index (χ3v) is 4.03. The summed E-state index contributed by atoms with van der Waals surface area (Å²) in [6, 6.07) is 1.95. The van der Waals surface area contributed by atoms with E-state index < -0.39 is 17.8 Å². The van der Waals surface area contributed by atoms with Crippen molar-refractivity contribution in [1.29, 1.82) is 0 Å². The summed E-state index contributed by atoms with van der Waals surface area (Å²) in [5.41, 5.74) is 1.07. The second-order valence-corrected chi connectivity index (χ2v) is 6.08. The molecular formula is C14H16BrFN2O3. The van der Waals surface area contributed by atoms with Crippen molar-refractivity contribution in [3.05, 3.63) is 28.0 Å². The molecule has 0 radical (unpaired) electrons. The minimum absolute atomic E-state index is 0.0931. The number of urea groups is 1. The Hall–Kier alpha value is -1.63. The van der Waals surface area contributed by atoms with Crippen molar-refractivity contribution in [2.45, 2.75) is 32.2 Å². The molecule has 7 heteroatoms. The van der Waals surface area contributed by atoms with Crippen LogP contribution < -0.4 is 10.6 Å². The Morgan fingerprint density at radius 1 is 1.48 bits per heavy atom. The summed E-state index contributed by atoms with van der Waals surface area (Å²) in [5.74, 6) is -1.11. The van der Waals surface area contributed by atoms with Crippen molar-refractivity contribution in [2.24, 2.45) is 5.92 Å². The molecule has 1 unspecified atom stereocenters. The molecule has 1 fully saturated rings. The minimum Gasteiger partial charge on any atom is -0.481 e. The Balaban J connectivity index is 2.00. The number of hydrogen-bond donors (Lipinski definition) is 3. The Morgan fingerprint density at radius 2 is 2.14 bits per heavy atom. The lowest BCUT2D eigenvalue weighted by Crippen LogP contribution is -2.40. The molecule has 0 saturated heterocycles. The standard InChI is InChI=1S/C14H16BrFN2O3/c1-7-4-10(16)9(15)5-11(7)17-14(21)18-12(6-13(19)20)8-2-3-8/h4-5,8,12H,2-3,6H2,1H3,(H,19,20)(H2,17,18,21). The maximum atomic E-state index is 13.3. The molecule has 0 aromatic heterocycles. The van der Waals surface area contributed by atoms with Gasteiger partial charge in [-0.2, -0.15) is 0 Å². The van der Waals surface area contributed by atoms with Crippen molar-refractivity contribution in [3.8, 4) is 0 Å². The molecule has 1 aliphatic carbocycles. The van der Waals surface area contributed by atoms with Crippen LogP contribution in [-0.4, -0.2) is 23.1 Å². The number of aryl methyl sites for hydroxylation is 1. The Labute approximate surface area is 130 Å². The highest BCUT2D eigenvalue weighted by molar-refractivity contribution is 9.10. The molecule has 114 valence electrons. The number of benzene rings is 1. The number of amides is 2. The zero-order valence-electron chi connectivity index (χ0n) is 11.5. The van der Waals surface area contributed by atoms with Crippen LogP contribution in [0.2, 0.25) is 0 Å². The van der Waals surface area contributed by atoms with Crippen molar-refractivity contribution in [1.82, 2.24) is 5.32 Å². The molecule has 1 aliphatic rings. The van der Waals surface area contributed by atoms with Gasteiger partial charge < -0.3 is 15.7 Å². The number of carboxylic acids is 1. The maximum Gasteiger partial charge on any atom is 0.319 e. The van der Waals surface area contributed by atoms with E-state index in [1.54, 1.807) is 6.92 Å². The zero-order valence-corrected chi connectivity index (χ0v) is 13.0. The van der Waals surface area contributed by atoms with Gasteiger partial charge in [-0.1, -0.05) is 0 Å². The first-order valence-corrected chi connectivity index (χ1v) is 7.41. The number of carboxylic acid groups (broad SMARTS) is 1. The number of halogens is 2. The molecule has 2 amide bonds. The normalized spacial score (nSPS) is 15.4. The molecule has 1 aromatic carbocycles. The third-order valence-electron chi connectivity index (χ3n) is 3.42. The van der Waals surface area contributed by atoms with Crippen molar-refractivity contribution < 1.29 is 19.1 Å². The van der Waals surface area contributed by atoms with Crippen LogP contribution in [0.4, 0.5) is 14.9 Å². The molecule has 1 saturated carbocycles. The third kappa shape index (κ3) is 4.42. The van der Waals surface area contributed by atoms with E-state index in [4.69, 9.17) is 5.11 Å². The number of nitrogens with one attached hydrogen (secondary N) is 2. The average Bonchev–Trinajstić information content (AvgIpc) is 3.18. The lowest BCUT2D eigenvalue weighted by molar-refractivity contribution is -0.137. The summed E-state index contributed by atoms with van der Waals surface area (Å²) in [6.45, 7) is 1.68. The largest absolute Gasteiger partial charge is 0.481 e. The lowest BCUT2D eigenvalue weighted by atomic mass is 10.1. The fourth-order valence-corrected chi connectivity index (χ4v) is 2.47. The SMILES string of the molecule is Cc1cc(F)c(Br)cc1NC(=O)NC(CC(=O)O)C1CC1. The van der Waals surface area contributed by atoms with Crippen LogP contribution in [0.15, 0.2) is 16.6 Å². The first-order chi connectivity index (χ1) is 9.86. The first-order valence-electron chi connectivity index (χ1n) is 6.61.